The zero-order valence-corrected chi connectivity index (χ0v) is 13.0. The number of carbonyl (C=O) groups is 1. The van der Waals surface area contributed by atoms with Crippen molar-refractivity contribution >= 4 is 23.0 Å². The van der Waals surface area contributed by atoms with Crippen molar-refractivity contribution < 1.29 is 9.53 Å². The topological polar surface area (TPSA) is 54.3 Å². The first kappa shape index (κ1) is 15.7. The molecule has 0 N–H and O–H groups in total. The molecular formula is C17H19N3O2. The van der Waals surface area contributed by atoms with E-state index in [9.17, 15) is 4.79 Å². The minimum Gasteiger partial charge on any atom is -0.462 e. The maximum Gasteiger partial charge on any atom is 0.338 e. The molecule has 0 aliphatic rings. The second-order valence-corrected chi connectivity index (χ2v) is 4.88. The Kier molecular flexibility index (Phi) is 5.25. The van der Waals surface area contributed by atoms with Crippen molar-refractivity contribution in [2.75, 3.05) is 25.6 Å². The third-order valence-electron chi connectivity index (χ3n) is 3.00. The second kappa shape index (κ2) is 7.36. The summed E-state index contributed by atoms with van der Waals surface area (Å²) in [5.41, 5.74) is 2.94. The Balaban J connectivity index is 2.12. The fourth-order valence-corrected chi connectivity index (χ4v) is 1.84. The molecule has 0 aromatic heterocycles. The van der Waals surface area contributed by atoms with E-state index in [1.807, 2.05) is 43.3 Å². The normalized spacial score (nSPS) is 10.7. The van der Waals surface area contributed by atoms with Gasteiger partial charge in [0, 0.05) is 19.8 Å². The van der Waals surface area contributed by atoms with Crippen molar-refractivity contribution in [1.29, 1.82) is 0 Å². The SMILES string of the molecule is CCOC(=O)c1cccc(N=Nc2ccc(N(C)C)cc2)c1. The lowest BCUT2D eigenvalue weighted by Gasteiger charge is -2.11. The van der Waals surface area contributed by atoms with E-state index < -0.39 is 0 Å². The van der Waals surface area contributed by atoms with Crippen LogP contribution in [-0.4, -0.2) is 26.7 Å². The summed E-state index contributed by atoms with van der Waals surface area (Å²) in [7, 11) is 3.97. The molecule has 2 aromatic rings. The highest BCUT2D eigenvalue weighted by atomic mass is 16.5. The lowest BCUT2D eigenvalue weighted by atomic mass is 10.2. The molecule has 0 atom stereocenters. The van der Waals surface area contributed by atoms with E-state index in [0.29, 0.717) is 17.9 Å². The zero-order chi connectivity index (χ0) is 15.9. The van der Waals surface area contributed by atoms with Gasteiger partial charge >= 0.3 is 5.97 Å². The van der Waals surface area contributed by atoms with Crippen LogP contribution in [-0.2, 0) is 4.74 Å². The first-order valence-corrected chi connectivity index (χ1v) is 7.06. The van der Waals surface area contributed by atoms with Gasteiger partial charge in [0.15, 0.2) is 0 Å². The predicted octanol–water partition coefficient (Wildman–Crippen LogP) is 4.34. The van der Waals surface area contributed by atoms with Crippen LogP contribution in [0.5, 0.6) is 0 Å². The molecule has 0 bridgehead atoms. The molecule has 2 aromatic carbocycles. The second-order valence-electron chi connectivity index (χ2n) is 4.88. The maximum atomic E-state index is 11.7. The summed E-state index contributed by atoms with van der Waals surface area (Å²) in [4.78, 5) is 13.7. The fraction of sp³-hybridized carbons (Fsp3) is 0.235. The van der Waals surface area contributed by atoms with Crippen molar-refractivity contribution in [3.05, 3.63) is 54.1 Å². The van der Waals surface area contributed by atoms with Crippen molar-refractivity contribution in [3.8, 4) is 0 Å². The highest BCUT2D eigenvalue weighted by Gasteiger charge is 2.06. The third kappa shape index (κ3) is 4.15. The third-order valence-corrected chi connectivity index (χ3v) is 3.00. The molecule has 0 saturated carbocycles. The Morgan fingerprint density at radius 2 is 1.73 bits per heavy atom. The van der Waals surface area contributed by atoms with Crippen LogP contribution in [0, 0.1) is 0 Å². The Labute approximate surface area is 130 Å². The largest absolute Gasteiger partial charge is 0.462 e. The molecule has 0 radical (unpaired) electrons. The highest BCUT2D eigenvalue weighted by molar-refractivity contribution is 5.90. The molecule has 0 unspecified atom stereocenters. The van der Waals surface area contributed by atoms with Gasteiger partial charge in [-0.15, -0.1) is 0 Å². The lowest BCUT2D eigenvalue weighted by molar-refractivity contribution is 0.0526. The number of nitrogens with zero attached hydrogens (tertiary/aromatic N) is 3. The van der Waals surface area contributed by atoms with Crippen molar-refractivity contribution in [2.45, 2.75) is 6.92 Å². The van der Waals surface area contributed by atoms with Gasteiger partial charge in [-0.2, -0.15) is 10.2 Å². The van der Waals surface area contributed by atoms with E-state index in [4.69, 9.17) is 4.74 Å². The first-order chi connectivity index (χ1) is 10.6. The van der Waals surface area contributed by atoms with E-state index in [2.05, 4.69) is 10.2 Å². The zero-order valence-electron chi connectivity index (χ0n) is 13.0. The van der Waals surface area contributed by atoms with Crippen LogP contribution in [0.2, 0.25) is 0 Å². The van der Waals surface area contributed by atoms with E-state index in [1.165, 1.54) is 0 Å². The molecule has 22 heavy (non-hydrogen) atoms. The number of anilines is 1. The summed E-state index contributed by atoms with van der Waals surface area (Å²) >= 11 is 0. The average molecular weight is 297 g/mol. The maximum absolute atomic E-state index is 11.7. The van der Waals surface area contributed by atoms with Crippen molar-refractivity contribution in [1.82, 2.24) is 0 Å². The lowest BCUT2D eigenvalue weighted by Crippen LogP contribution is -2.07. The smallest absolute Gasteiger partial charge is 0.338 e. The molecule has 0 fully saturated rings. The molecule has 0 aliphatic carbocycles. The van der Waals surface area contributed by atoms with Crippen molar-refractivity contribution in [2.24, 2.45) is 10.2 Å². The minimum absolute atomic E-state index is 0.350. The van der Waals surface area contributed by atoms with Gasteiger partial charge in [-0.05, 0) is 49.4 Å². The van der Waals surface area contributed by atoms with Gasteiger partial charge < -0.3 is 9.64 Å². The monoisotopic (exact) mass is 297 g/mol. The minimum atomic E-state index is -0.352. The average Bonchev–Trinajstić information content (AvgIpc) is 2.54. The van der Waals surface area contributed by atoms with Gasteiger partial charge in [0.05, 0.1) is 23.5 Å². The Morgan fingerprint density at radius 3 is 2.36 bits per heavy atom. The van der Waals surface area contributed by atoms with Crippen LogP contribution in [0.25, 0.3) is 0 Å². The summed E-state index contributed by atoms with van der Waals surface area (Å²) in [5, 5.41) is 8.34. The van der Waals surface area contributed by atoms with E-state index in [1.54, 1.807) is 31.2 Å². The van der Waals surface area contributed by atoms with Gasteiger partial charge in [-0.3, -0.25) is 0 Å². The summed E-state index contributed by atoms with van der Waals surface area (Å²) < 4.78 is 4.97. The molecule has 0 heterocycles. The Morgan fingerprint density at radius 1 is 1.05 bits per heavy atom. The molecule has 0 saturated heterocycles. The molecule has 0 aliphatic heterocycles. The number of hydrogen-bond donors (Lipinski definition) is 0. The van der Waals surface area contributed by atoms with E-state index in [0.717, 1.165) is 11.4 Å². The first-order valence-electron chi connectivity index (χ1n) is 7.06. The molecule has 0 amide bonds. The van der Waals surface area contributed by atoms with Crippen LogP contribution in [0.4, 0.5) is 17.1 Å². The molecule has 2 rings (SSSR count). The quantitative estimate of drug-likeness (QED) is 0.609. The Hall–Kier alpha value is -2.69. The molecular weight excluding hydrogens is 278 g/mol. The number of ether oxygens (including phenoxy) is 1. The van der Waals surface area contributed by atoms with Crippen molar-refractivity contribution in [3.63, 3.8) is 0 Å². The number of rotatable bonds is 5. The molecule has 5 nitrogen and oxygen atoms in total. The number of hydrogen-bond acceptors (Lipinski definition) is 5. The number of benzene rings is 2. The molecule has 0 spiro atoms. The van der Waals surface area contributed by atoms with Gasteiger partial charge in [0.1, 0.15) is 0 Å². The van der Waals surface area contributed by atoms with Crippen LogP contribution in [0.15, 0.2) is 58.8 Å². The van der Waals surface area contributed by atoms with Crippen LogP contribution in [0.3, 0.4) is 0 Å². The van der Waals surface area contributed by atoms with E-state index in [-0.39, 0.29) is 5.97 Å². The van der Waals surface area contributed by atoms with Crippen LogP contribution in [0.1, 0.15) is 17.3 Å². The van der Waals surface area contributed by atoms with Gasteiger partial charge in [-0.1, -0.05) is 6.07 Å². The standard InChI is InChI=1S/C17H19N3O2/c1-4-22-17(21)13-6-5-7-15(12-13)19-18-14-8-10-16(11-9-14)20(2)3/h5-12H,4H2,1-3H3. The van der Waals surface area contributed by atoms with Crippen LogP contribution >= 0.6 is 0 Å². The molecule has 114 valence electrons. The number of carbonyl (C=O) groups excluding carboxylic acids is 1. The summed E-state index contributed by atoms with van der Waals surface area (Å²) in [5.74, 6) is -0.352. The van der Waals surface area contributed by atoms with Gasteiger partial charge in [0.2, 0.25) is 0 Å². The van der Waals surface area contributed by atoms with Crippen LogP contribution < -0.4 is 4.90 Å². The molecule has 5 heteroatoms. The highest BCUT2D eigenvalue weighted by Crippen LogP contribution is 2.22. The Bertz CT molecular complexity index is 664. The van der Waals surface area contributed by atoms with E-state index >= 15 is 0 Å². The predicted molar refractivity (Wildman–Crippen MR) is 87.3 cm³/mol. The summed E-state index contributed by atoms with van der Waals surface area (Å²) in [6, 6.07) is 14.7. The number of azo groups is 1. The van der Waals surface area contributed by atoms with Gasteiger partial charge in [0.25, 0.3) is 0 Å². The van der Waals surface area contributed by atoms with Gasteiger partial charge in [-0.25, -0.2) is 4.79 Å². The fourth-order valence-electron chi connectivity index (χ4n) is 1.84. The summed E-state index contributed by atoms with van der Waals surface area (Å²) in [6.45, 7) is 2.13. The number of esters is 1. The summed E-state index contributed by atoms with van der Waals surface area (Å²) in [6.07, 6.45) is 0.